The Morgan fingerprint density at radius 2 is 2.00 bits per heavy atom. The van der Waals surface area contributed by atoms with Crippen LogP contribution in [0.2, 0.25) is 0 Å². The molecule has 8 heteroatoms. The van der Waals surface area contributed by atoms with Gasteiger partial charge in [0, 0.05) is 12.1 Å². The van der Waals surface area contributed by atoms with Gasteiger partial charge in [0.1, 0.15) is 0 Å². The predicted molar refractivity (Wildman–Crippen MR) is 96.4 cm³/mol. The summed E-state index contributed by atoms with van der Waals surface area (Å²) < 4.78 is 4.75. The van der Waals surface area contributed by atoms with Crippen LogP contribution in [0.1, 0.15) is 35.7 Å². The number of carbonyl (C=O) groups is 3. The van der Waals surface area contributed by atoms with Crippen LogP contribution in [0.5, 0.6) is 0 Å². The summed E-state index contributed by atoms with van der Waals surface area (Å²) in [4.78, 5) is 36.8. The van der Waals surface area contributed by atoms with Gasteiger partial charge in [-0.3, -0.25) is 9.69 Å². The van der Waals surface area contributed by atoms with Gasteiger partial charge in [0.25, 0.3) is 0 Å². The van der Waals surface area contributed by atoms with Gasteiger partial charge in [0.05, 0.1) is 24.9 Å². The van der Waals surface area contributed by atoms with Crippen LogP contribution in [0.25, 0.3) is 0 Å². The minimum atomic E-state index is -0.851. The third-order valence-corrected chi connectivity index (χ3v) is 4.54. The number of aliphatic carboxylic acids is 1. The van der Waals surface area contributed by atoms with Gasteiger partial charge in [-0.25, -0.2) is 9.59 Å². The van der Waals surface area contributed by atoms with Gasteiger partial charge in [-0.05, 0) is 38.4 Å². The van der Waals surface area contributed by atoms with E-state index >= 15 is 0 Å². The SMILES string of the molecule is CCN(CC(=O)O)C1CC(NC(=O)Nc2ccc(C)cc2C(=O)OC)C1. The topological polar surface area (TPSA) is 108 Å². The first-order valence-corrected chi connectivity index (χ1v) is 8.56. The Bertz CT molecular complexity index is 685. The van der Waals surface area contributed by atoms with E-state index in [1.54, 1.807) is 18.2 Å². The van der Waals surface area contributed by atoms with Crippen LogP contribution in [0.3, 0.4) is 0 Å². The van der Waals surface area contributed by atoms with Gasteiger partial charge < -0.3 is 20.5 Å². The highest BCUT2D eigenvalue weighted by molar-refractivity contribution is 6.01. The molecule has 1 aromatic rings. The number of aryl methyl sites for hydroxylation is 1. The third kappa shape index (κ3) is 4.95. The average Bonchev–Trinajstić information content (AvgIpc) is 2.56. The standard InChI is InChI=1S/C18H25N3O5/c1-4-21(10-16(22)23)13-8-12(9-13)19-18(25)20-15-6-5-11(2)7-14(15)17(24)26-3/h5-7,12-13H,4,8-10H2,1-3H3,(H,22,23)(H2,19,20,25). The molecule has 8 nitrogen and oxygen atoms in total. The minimum absolute atomic E-state index is 0.00589. The highest BCUT2D eigenvalue weighted by atomic mass is 16.5. The number of methoxy groups -OCH3 is 1. The molecule has 1 fully saturated rings. The lowest BCUT2D eigenvalue weighted by Gasteiger charge is -2.42. The number of ether oxygens (including phenoxy) is 1. The Kier molecular flexibility index (Phi) is 6.57. The van der Waals surface area contributed by atoms with E-state index in [1.807, 2.05) is 18.7 Å². The smallest absolute Gasteiger partial charge is 0.339 e. The summed E-state index contributed by atoms with van der Waals surface area (Å²) in [5, 5.41) is 14.4. The maximum absolute atomic E-state index is 12.2. The molecule has 0 atom stereocenters. The summed E-state index contributed by atoms with van der Waals surface area (Å²) in [5.74, 6) is -1.37. The summed E-state index contributed by atoms with van der Waals surface area (Å²) in [7, 11) is 1.29. The summed E-state index contributed by atoms with van der Waals surface area (Å²) in [6.07, 6.45) is 1.40. The zero-order valence-corrected chi connectivity index (χ0v) is 15.2. The van der Waals surface area contributed by atoms with Crippen molar-refractivity contribution in [3.8, 4) is 0 Å². The number of nitrogens with zero attached hydrogens (tertiary/aromatic N) is 1. The number of hydrogen-bond donors (Lipinski definition) is 3. The van der Waals surface area contributed by atoms with E-state index in [0.717, 1.165) is 5.56 Å². The van der Waals surface area contributed by atoms with Crippen molar-refractivity contribution in [1.82, 2.24) is 10.2 Å². The minimum Gasteiger partial charge on any atom is -0.480 e. The van der Waals surface area contributed by atoms with E-state index in [2.05, 4.69) is 10.6 Å². The van der Waals surface area contributed by atoms with Gasteiger partial charge in [-0.15, -0.1) is 0 Å². The number of amides is 2. The second kappa shape index (κ2) is 8.66. The number of urea groups is 1. The second-order valence-corrected chi connectivity index (χ2v) is 6.42. The molecule has 0 aromatic heterocycles. The molecular weight excluding hydrogens is 338 g/mol. The van der Waals surface area contributed by atoms with Gasteiger partial charge in [0.15, 0.2) is 0 Å². The van der Waals surface area contributed by atoms with Gasteiger partial charge in [-0.1, -0.05) is 18.6 Å². The van der Waals surface area contributed by atoms with Gasteiger partial charge >= 0.3 is 18.0 Å². The summed E-state index contributed by atoms with van der Waals surface area (Å²) in [6.45, 7) is 4.43. The molecule has 2 amide bonds. The Labute approximate surface area is 152 Å². The molecule has 3 N–H and O–H groups in total. The number of carbonyl (C=O) groups excluding carboxylic acids is 2. The van der Waals surface area contributed by atoms with Crippen molar-refractivity contribution in [1.29, 1.82) is 0 Å². The van der Waals surface area contributed by atoms with Crippen molar-refractivity contribution >= 4 is 23.7 Å². The highest BCUT2D eigenvalue weighted by Gasteiger charge is 2.34. The number of hydrogen-bond acceptors (Lipinski definition) is 5. The highest BCUT2D eigenvalue weighted by Crippen LogP contribution is 2.26. The molecule has 142 valence electrons. The molecule has 0 unspecified atom stereocenters. The van der Waals surface area contributed by atoms with E-state index in [9.17, 15) is 14.4 Å². The van der Waals surface area contributed by atoms with Crippen LogP contribution < -0.4 is 10.6 Å². The lowest BCUT2D eigenvalue weighted by atomic mass is 9.85. The molecule has 0 spiro atoms. The number of esters is 1. The van der Waals surface area contributed by atoms with Crippen LogP contribution >= 0.6 is 0 Å². The molecule has 1 saturated carbocycles. The van der Waals surface area contributed by atoms with Crippen molar-refractivity contribution in [2.75, 3.05) is 25.5 Å². The third-order valence-electron chi connectivity index (χ3n) is 4.54. The predicted octanol–water partition coefficient (Wildman–Crippen LogP) is 1.84. The van der Waals surface area contributed by atoms with E-state index in [1.165, 1.54) is 7.11 Å². The molecule has 2 rings (SSSR count). The Hall–Kier alpha value is -2.61. The quantitative estimate of drug-likeness (QED) is 0.638. The van der Waals surface area contributed by atoms with Crippen LogP contribution in [0.15, 0.2) is 18.2 Å². The zero-order chi connectivity index (χ0) is 19.3. The molecule has 0 bridgehead atoms. The van der Waals surface area contributed by atoms with Crippen LogP contribution in [-0.2, 0) is 9.53 Å². The van der Waals surface area contributed by atoms with E-state index in [0.29, 0.717) is 30.6 Å². The molecule has 0 heterocycles. The lowest BCUT2D eigenvalue weighted by Crippen LogP contribution is -2.55. The summed E-state index contributed by atoms with van der Waals surface area (Å²) in [5.41, 5.74) is 1.57. The number of nitrogens with one attached hydrogen (secondary N) is 2. The molecule has 1 aliphatic rings. The van der Waals surface area contributed by atoms with Crippen LogP contribution in [-0.4, -0.2) is 60.3 Å². The summed E-state index contributed by atoms with van der Waals surface area (Å²) >= 11 is 0. The molecular formula is C18H25N3O5. The van der Waals surface area contributed by atoms with Crippen molar-refractivity contribution in [2.24, 2.45) is 0 Å². The number of carboxylic acid groups (broad SMARTS) is 1. The van der Waals surface area contributed by atoms with Crippen molar-refractivity contribution in [3.63, 3.8) is 0 Å². The lowest BCUT2D eigenvalue weighted by molar-refractivity contribution is -0.139. The first-order chi connectivity index (χ1) is 12.3. The van der Waals surface area contributed by atoms with Crippen LogP contribution in [0, 0.1) is 6.92 Å². The monoisotopic (exact) mass is 363 g/mol. The number of anilines is 1. The van der Waals surface area contributed by atoms with Gasteiger partial charge in [0.2, 0.25) is 0 Å². The molecule has 0 radical (unpaired) electrons. The second-order valence-electron chi connectivity index (χ2n) is 6.42. The fourth-order valence-corrected chi connectivity index (χ4v) is 3.07. The molecule has 26 heavy (non-hydrogen) atoms. The average molecular weight is 363 g/mol. The van der Waals surface area contributed by atoms with Crippen molar-refractivity contribution < 1.29 is 24.2 Å². The van der Waals surface area contributed by atoms with Crippen LogP contribution in [0.4, 0.5) is 10.5 Å². The molecule has 1 aromatic carbocycles. The van der Waals surface area contributed by atoms with E-state index < -0.39 is 18.0 Å². The van der Waals surface area contributed by atoms with E-state index in [4.69, 9.17) is 9.84 Å². The number of benzene rings is 1. The number of carboxylic acids is 1. The summed E-state index contributed by atoms with van der Waals surface area (Å²) in [6, 6.07) is 4.86. The first-order valence-electron chi connectivity index (χ1n) is 8.56. The Morgan fingerprint density at radius 3 is 2.58 bits per heavy atom. The molecule has 1 aliphatic carbocycles. The normalized spacial score (nSPS) is 18.8. The molecule has 0 saturated heterocycles. The maximum Gasteiger partial charge on any atom is 0.339 e. The first kappa shape index (κ1) is 19.7. The van der Waals surface area contributed by atoms with Crippen molar-refractivity contribution in [3.05, 3.63) is 29.3 Å². The van der Waals surface area contributed by atoms with Crippen molar-refractivity contribution in [2.45, 2.75) is 38.8 Å². The number of rotatable bonds is 7. The zero-order valence-electron chi connectivity index (χ0n) is 15.2. The Morgan fingerprint density at radius 1 is 1.31 bits per heavy atom. The fourth-order valence-electron chi connectivity index (χ4n) is 3.07. The number of likely N-dealkylation sites (N-methyl/N-ethyl adjacent to an activating group) is 1. The molecule has 0 aliphatic heterocycles. The van der Waals surface area contributed by atoms with Gasteiger partial charge in [-0.2, -0.15) is 0 Å². The Balaban J connectivity index is 1.89. The van der Waals surface area contributed by atoms with E-state index in [-0.39, 0.29) is 18.6 Å². The fraction of sp³-hybridized carbons (Fsp3) is 0.500. The maximum atomic E-state index is 12.2. The largest absolute Gasteiger partial charge is 0.480 e.